The van der Waals surface area contributed by atoms with Crippen LogP contribution in [0, 0.1) is 17.3 Å². The number of ether oxygens (including phenoxy) is 1. The van der Waals surface area contributed by atoms with Gasteiger partial charge < -0.3 is 20.5 Å². The van der Waals surface area contributed by atoms with E-state index in [0.717, 1.165) is 0 Å². The summed E-state index contributed by atoms with van der Waals surface area (Å²) in [5, 5.41) is 9.48. The van der Waals surface area contributed by atoms with E-state index in [-0.39, 0.29) is 23.2 Å². The molecular formula is C15H26N2O4. The molecule has 1 aliphatic carbocycles. The number of fused-ring (bicyclic) bond motifs is 1. The monoisotopic (exact) mass is 298 g/mol. The molecule has 6 heteroatoms. The zero-order valence-corrected chi connectivity index (χ0v) is 13.4. The van der Waals surface area contributed by atoms with Crippen molar-refractivity contribution in [1.82, 2.24) is 4.90 Å². The molecule has 1 heterocycles. The van der Waals surface area contributed by atoms with Gasteiger partial charge in [0.1, 0.15) is 12.1 Å². The van der Waals surface area contributed by atoms with Gasteiger partial charge in [0.25, 0.3) is 0 Å². The second kappa shape index (κ2) is 4.95. The molecule has 4 atom stereocenters. The molecular weight excluding hydrogens is 272 g/mol. The Labute approximate surface area is 125 Å². The topological polar surface area (TPSA) is 92.9 Å². The highest BCUT2D eigenvalue weighted by molar-refractivity contribution is 5.89. The highest BCUT2D eigenvalue weighted by Crippen LogP contribution is 2.64. The van der Waals surface area contributed by atoms with E-state index in [4.69, 9.17) is 10.5 Å². The summed E-state index contributed by atoms with van der Waals surface area (Å²) < 4.78 is 5.53. The SMILES string of the molecule is CCOC(C)(C)C(N)C(=O)N1C[C@H]2[C@@H]([C@H]1C(=O)O)C2(C)C. The van der Waals surface area contributed by atoms with Gasteiger partial charge in [-0.3, -0.25) is 4.79 Å². The van der Waals surface area contributed by atoms with E-state index >= 15 is 0 Å². The van der Waals surface area contributed by atoms with Crippen molar-refractivity contribution in [2.24, 2.45) is 23.0 Å². The van der Waals surface area contributed by atoms with E-state index in [2.05, 4.69) is 13.8 Å². The molecule has 1 saturated carbocycles. The Bertz CT molecular complexity index is 461. The Morgan fingerprint density at radius 2 is 2.05 bits per heavy atom. The summed E-state index contributed by atoms with van der Waals surface area (Å²) in [5.41, 5.74) is 5.23. The first-order valence-corrected chi connectivity index (χ1v) is 7.48. The molecule has 1 aliphatic heterocycles. The fraction of sp³-hybridized carbons (Fsp3) is 0.867. The number of hydrogen-bond acceptors (Lipinski definition) is 4. The smallest absolute Gasteiger partial charge is 0.326 e. The lowest BCUT2D eigenvalue weighted by molar-refractivity contribution is -0.154. The van der Waals surface area contributed by atoms with Gasteiger partial charge in [0, 0.05) is 19.1 Å². The van der Waals surface area contributed by atoms with Crippen LogP contribution in [0.2, 0.25) is 0 Å². The summed E-state index contributed by atoms with van der Waals surface area (Å²) in [6.07, 6.45) is 0. The van der Waals surface area contributed by atoms with E-state index in [1.165, 1.54) is 4.90 Å². The van der Waals surface area contributed by atoms with Crippen molar-refractivity contribution in [3.05, 3.63) is 0 Å². The summed E-state index contributed by atoms with van der Waals surface area (Å²) in [4.78, 5) is 25.6. The van der Waals surface area contributed by atoms with Crippen LogP contribution in [0.5, 0.6) is 0 Å². The molecule has 1 saturated heterocycles. The number of hydrogen-bond donors (Lipinski definition) is 2. The maximum atomic E-state index is 12.6. The van der Waals surface area contributed by atoms with Crippen LogP contribution in [0.15, 0.2) is 0 Å². The van der Waals surface area contributed by atoms with Crippen LogP contribution in [0.4, 0.5) is 0 Å². The molecule has 120 valence electrons. The molecule has 2 rings (SSSR count). The fourth-order valence-electron chi connectivity index (χ4n) is 3.73. The second-order valence-corrected chi connectivity index (χ2v) is 7.24. The molecule has 6 nitrogen and oxygen atoms in total. The minimum Gasteiger partial charge on any atom is -0.480 e. The molecule has 21 heavy (non-hydrogen) atoms. The van der Waals surface area contributed by atoms with Crippen molar-refractivity contribution in [3.8, 4) is 0 Å². The van der Waals surface area contributed by atoms with E-state index in [9.17, 15) is 14.7 Å². The maximum Gasteiger partial charge on any atom is 0.326 e. The molecule has 3 N–H and O–H groups in total. The Morgan fingerprint density at radius 3 is 2.52 bits per heavy atom. The van der Waals surface area contributed by atoms with Crippen molar-refractivity contribution in [1.29, 1.82) is 0 Å². The average molecular weight is 298 g/mol. The van der Waals surface area contributed by atoms with Crippen molar-refractivity contribution >= 4 is 11.9 Å². The van der Waals surface area contributed by atoms with Crippen molar-refractivity contribution in [2.75, 3.05) is 13.2 Å². The Balaban J connectivity index is 2.15. The lowest BCUT2D eigenvalue weighted by Gasteiger charge is -2.36. The maximum absolute atomic E-state index is 12.6. The molecule has 1 amide bonds. The zero-order chi connectivity index (χ0) is 16.2. The summed E-state index contributed by atoms with van der Waals surface area (Å²) in [5.74, 6) is -0.988. The van der Waals surface area contributed by atoms with E-state index < -0.39 is 23.7 Å². The lowest BCUT2D eigenvalue weighted by Crippen LogP contribution is -2.59. The molecule has 0 bridgehead atoms. The molecule has 0 aromatic rings. The molecule has 1 unspecified atom stereocenters. The first-order chi connectivity index (χ1) is 9.55. The number of likely N-dealkylation sites (tertiary alicyclic amines) is 1. The first-order valence-electron chi connectivity index (χ1n) is 7.48. The van der Waals surface area contributed by atoms with Gasteiger partial charge in [-0.2, -0.15) is 0 Å². The summed E-state index contributed by atoms with van der Waals surface area (Å²) in [7, 11) is 0. The van der Waals surface area contributed by atoms with Crippen LogP contribution in [0.3, 0.4) is 0 Å². The first kappa shape index (κ1) is 16.2. The number of nitrogens with zero attached hydrogens (tertiary/aromatic N) is 1. The van der Waals surface area contributed by atoms with Crippen LogP contribution >= 0.6 is 0 Å². The van der Waals surface area contributed by atoms with E-state index in [0.29, 0.717) is 13.2 Å². The van der Waals surface area contributed by atoms with Gasteiger partial charge in [-0.05, 0) is 32.1 Å². The quantitative estimate of drug-likeness (QED) is 0.779. The molecule has 0 spiro atoms. The Kier molecular flexibility index (Phi) is 3.83. The zero-order valence-electron chi connectivity index (χ0n) is 13.4. The van der Waals surface area contributed by atoms with Crippen LogP contribution in [0.25, 0.3) is 0 Å². The molecule has 2 aliphatic rings. The predicted molar refractivity (Wildman–Crippen MR) is 77.6 cm³/mol. The summed E-state index contributed by atoms with van der Waals surface area (Å²) in [6, 6.07) is -1.62. The molecule has 0 aromatic heterocycles. The fourth-order valence-corrected chi connectivity index (χ4v) is 3.73. The van der Waals surface area contributed by atoms with Gasteiger partial charge >= 0.3 is 5.97 Å². The van der Waals surface area contributed by atoms with Crippen LogP contribution in [0.1, 0.15) is 34.6 Å². The largest absolute Gasteiger partial charge is 0.480 e. The summed E-state index contributed by atoms with van der Waals surface area (Å²) in [6.45, 7) is 10.4. The van der Waals surface area contributed by atoms with Gasteiger partial charge in [-0.1, -0.05) is 13.8 Å². The van der Waals surface area contributed by atoms with Crippen molar-refractivity contribution in [2.45, 2.75) is 52.3 Å². The molecule has 0 aromatic carbocycles. The number of rotatable bonds is 5. The highest BCUT2D eigenvalue weighted by Gasteiger charge is 2.69. The number of carboxylic acids is 1. The van der Waals surface area contributed by atoms with Crippen molar-refractivity contribution < 1.29 is 19.4 Å². The van der Waals surface area contributed by atoms with Gasteiger partial charge in [-0.25, -0.2) is 4.79 Å². The number of piperidine rings is 1. The standard InChI is InChI=1S/C15H26N2O4/c1-6-21-15(4,5)11(16)12(18)17-7-8-9(14(8,2)3)10(17)13(19)20/h8-11H,6-7,16H2,1-5H3,(H,19,20)/t8-,9-,10-,11?/m0/s1. The third kappa shape index (κ3) is 2.44. The minimum atomic E-state index is -0.942. The van der Waals surface area contributed by atoms with Crippen LogP contribution in [-0.4, -0.2) is 52.7 Å². The lowest BCUT2D eigenvalue weighted by atomic mass is 9.95. The van der Waals surface area contributed by atoms with Gasteiger partial charge in [0.05, 0.1) is 5.60 Å². The second-order valence-electron chi connectivity index (χ2n) is 7.24. The third-order valence-electron chi connectivity index (χ3n) is 5.28. The number of nitrogens with two attached hydrogens (primary N) is 1. The van der Waals surface area contributed by atoms with Gasteiger partial charge in [0.15, 0.2) is 0 Å². The Morgan fingerprint density at radius 1 is 1.48 bits per heavy atom. The normalized spacial score (nSPS) is 31.7. The number of carboxylic acid groups (broad SMARTS) is 1. The molecule has 0 radical (unpaired) electrons. The number of aliphatic carboxylic acids is 1. The number of carbonyl (C=O) groups is 2. The van der Waals surface area contributed by atoms with E-state index in [1.807, 2.05) is 6.92 Å². The molecule has 2 fully saturated rings. The average Bonchev–Trinajstić information content (AvgIpc) is 2.77. The van der Waals surface area contributed by atoms with Gasteiger partial charge in [-0.15, -0.1) is 0 Å². The van der Waals surface area contributed by atoms with Crippen LogP contribution < -0.4 is 5.73 Å². The van der Waals surface area contributed by atoms with Crippen molar-refractivity contribution in [3.63, 3.8) is 0 Å². The van der Waals surface area contributed by atoms with E-state index in [1.54, 1.807) is 13.8 Å². The summed E-state index contributed by atoms with van der Waals surface area (Å²) >= 11 is 0. The predicted octanol–water partition coefficient (Wildman–Crippen LogP) is 0.696. The number of amides is 1. The number of carbonyl (C=O) groups excluding carboxylic acids is 1. The Hall–Kier alpha value is -1.14. The minimum absolute atomic E-state index is 0.000627. The van der Waals surface area contributed by atoms with Gasteiger partial charge in [0.2, 0.25) is 5.91 Å². The van der Waals surface area contributed by atoms with Crippen LogP contribution in [-0.2, 0) is 14.3 Å². The highest BCUT2D eigenvalue weighted by atomic mass is 16.5. The third-order valence-corrected chi connectivity index (χ3v) is 5.28.